The zero-order valence-electron chi connectivity index (χ0n) is 35.4. The van der Waals surface area contributed by atoms with Gasteiger partial charge in [-0.15, -0.1) is 0 Å². The lowest BCUT2D eigenvalue weighted by molar-refractivity contribution is -0.144. The molecule has 1 aliphatic heterocycles. The van der Waals surface area contributed by atoms with Crippen molar-refractivity contribution in [2.75, 3.05) is 40.6 Å². The average Bonchev–Trinajstić information content (AvgIpc) is 3.57. The van der Waals surface area contributed by atoms with Crippen LogP contribution in [0.3, 0.4) is 0 Å². The van der Waals surface area contributed by atoms with Crippen LogP contribution >= 0.6 is 8.53 Å². The fraction of sp³-hybridized carbons (Fsp3) is 0.455. The summed E-state index contributed by atoms with van der Waals surface area (Å²) in [6.07, 6.45) is -2.58. The maximum Gasteiger partial charge on any atom is 0.330 e. The third-order valence-electron chi connectivity index (χ3n) is 9.92. The van der Waals surface area contributed by atoms with Gasteiger partial charge in [-0.3, -0.25) is 19.1 Å². The Hall–Kier alpha value is -4.91. The molecule has 1 fully saturated rings. The minimum Gasteiger partial charge on any atom is -0.497 e. The van der Waals surface area contributed by atoms with E-state index in [1.807, 2.05) is 107 Å². The van der Waals surface area contributed by atoms with Gasteiger partial charge in [-0.25, -0.2) is 9.46 Å². The Labute approximate surface area is 352 Å². The van der Waals surface area contributed by atoms with E-state index >= 15 is 0 Å². The Morgan fingerprint density at radius 3 is 2.00 bits per heavy atom. The van der Waals surface area contributed by atoms with E-state index in [0.29, 0.717) is 11.5 Å². The standard InChI is InChI=1S/C44H55N4O11P/c1-29(2)48(30(3)4)60(57-24-12-23-45)59-39-38(58-42(40(39)55-26-25-54-32(6)49)47-27-31(5)41(50)46-43(47)51)28-56-44(33-13-10-9-11-14-33,34-15-19-36(52-7)20-16-34)35-17-21-37(53-8)22-18-35/h9-11,13-22,27,29-30,38-40,42H,12,24-26,28H2,1-8H3,(H,46,50,51)/t38-,39-,40-,42-,60?/m1/s1. The highest BCUT2D eigenvalue weighted by atomic mass is 31.2. The van der Waals surface area contributed by atoms with Crippen molar-refractivity contribution < 1.29 is 42.3 Å². The number of esters is 1. The number of carbonyl (C=O) groups is 1. The molecule has 2 heterocycles. The number of nitriles is 1. The van der Waals surface area contributed by atoms with Crippen LogP contribution in [0.5, 0.6) is 11.5 Å². The smallest absolute Gasteiger partial charge is 0.330 e. The first-order chi connectivity index (χ1) is 28.8. The molecule has 1 N–H and O–H groups in total. The van der Waals surface area contributed by atoms with Gasteiger partial charge in [-0.05, 0) is 75.6 Å². The average molecular weight is 847 g/mol. The fourth-order valence-electron chi connectivity index (χ4n) is 7.20. The van der Waals surface area contributed by atoms with Gasteiger partial charge in [0.1, 0.15) is 42.0 Å². The van der Waals surface area contributed by atoms with E-state index in [2.05, 4.69) is 15.7 Å². The van der Waals surface area contributed by atoms with E-state index in [-0.39, 0.29) is 50.5 Å². The number of aromatic amines is 1. The lowest BCUT2D eigenvalue weighted by atomic mass is 9.80. The second kappa shape index (κ2) is 21.6. The summed E-state index contributed by atoms with van der Waals surface area (Å²) in [6.45, 7) is 10.8. The van der Waals surface area contributed by atoms with Crippen LogP contribution in [-0.4, -0.2) is 91.2 Å². The second-order valence-electron chi connectivity index (χ2n) is 14.7. The Morgan fingerprint density at radius 2 is 1.47 bits per heavy atom. The van der Waals surface area contributed by atoms with Crippen molar-refractivity contribution in [1.82, 2.24) is 14.2 Å². The number of aryl methyl sites for hydroxylation is 1. The zero-order valence-corrected chi connectivity index (χ0v) is 36.3. The maximum atomic E-state index is 13.6. The predicted molar refractivity (Wildman–Crippen MR) is 225 cm³/mol. The molecule has 5 atom stereocenters. The number of nitrogens with zero attached hydrogens (tertiary/aromatic N) is 3. The third kappa shape index (κ3) is 10.9. The van der Waals surface area contributed by atoms with Gasteiger partial charge >= 0.3 is 11.7 Å². The summed E-state index contributed by atoms with van der Waals surface area (Å²) in [6, 6.07) is 27.0. The molecule has 0 radical (unpaired) electrons. The molecule has 60 heavy (non-hydrogen) atoms. The van der Waals surface area contributed by atoms with Crippen molar-refractivity contribution in [2.45, 2.75) is 90.2 Å². The first kappa shape index (κ1) is 46.2. The van der Waals surface area contributed by atoms with Crippen LogP contribution in [0, 0.1) is 18.3 Å². The third-order valence-corrected chi connectivity index (χ3v) is 12.0. The molecule has 1 unspecified atom stereocenters. The SMILES string of the molecule is COc1ccc(C(OC[C@H]2O[C@@H](n3cc(C)c(=O)[nH]c3=O)[C@H](OCCOC(C)=O)[C@@H]2OP(OCCC#N)N(C(C)C)C(C)C)(c2ccccc2)c2ccc(OC)cc2)cc1. The molecule has 0 spiro atoms. The number of benzene rings is 3. The summed E-state index contributed by atoms with van der Waals surface area (Å²) in [4.78, 5) is 40.3. The highest BCUT2D eigenvalue weighted by Crippen LogP contribution is 2.51. The molecule has 1 aliphatic rings. The normalized spacial score (nSPS) is 18.4. The van der Waals surface area contributed by atoms with Crippen LogP contribution in [0.15, 0.2) is 94.6 Å². The van der Waals surface area contributed by atoms with Crippen LogP contribution < -0.4 is 20.7 Å². The number of H-pyrrole nitrogens is 1. The molecule has 0 aliphatic carbocycles. The molecule has 5 rings (SSSR count). The van der Waals surface area contributed by atoms with E-state index in [1.54, 1.807) is 21.1 Å². The Bertz CT molecular complexity index is 2080. The van der Waals surface area contributed by atoms with Crippen LogP contribution in [0.2, 0.25) is 0 Å². The molecule has 0 bridgehead atoms. The van der Waals surface area contributed by atoms with E-state index in [1.165, 1.54) is 17.7 Å². The molecule has 1 aromatic heterocycles. The second-order valence-corrected chi connectivity index (χ2v) is 16.1. The van der Waals surface area contributed by atoms with Gasteiger partial charge in [0.05, 0.1) is 46.5 Å². The van der Waals surface area contributed by atoms with Crippen molar-refractivity contribution in [3.63, 3.8) is 0 Å². The van der Waals surface area contributed by atoms with Gasteiger partial charge in [-0.1, -0.05) is 54.6 Å². The monoisotopic (exact) mass is 846 g/mol. The minimum absolute atomic E-state index is 0.0466. The molecule has 322 valence electrons. The molecular weight excluding hydrogens is 791 g/mol. The number of nitrogens with one attached hydrogen (secondary N) is 1. The number of aromatic nitrogens is 2. The lowest BCUT2D eigenvalue weighted by Gasteiger charge is -2.39. The molecule has 0 saturated carbocycles. The predicted octanol–water partition coefficient (Wildman–Crippen LogP) is 6.38. The Balaban J connectivity index is 1.69. The number of rotatable bonds is 21. The number of methoxy groups -OCH3 is 2. The quantitative estimate of drug-likeness (QED) is 0.0424. The summed E-state index contributed by atoms with van der Waals surface area (Å²) in [5, 5.41) is 9.44. The van der Waals surface area contributed by atoms with Gasteiger partial charge in [-0.2, -0.15) is 5.26 Å². The van der Waals surface area contributed by atoms with Gasteiger partial charge in [0.15, 0.2) is 6.23 Å². The van der Waals surface area contributed by atoms with Gasteiger partial charge in [0.25, 0.3) is 14.1 Å². The number of ether oxygens (including phenoxy) is 6. The van der Waals surface area contributed by atoms with Crippen molar-refractivity contribution in [3.05, 3.63) is 128 Å². The Morgan fingerprint density at radius 1 is 0.883 bits per heavy atom. The molecule has 3 aromatic carbocycles. The topological polar surface area (TPSA) is 173 Å². The summed E-state index contributed by atoms with van der Waals surface area (Å²) in [5.41, 5.74) is 0.116. The zero-order chi connectivity index (χ0) is 43.4. The summed E-state index contributed by atoms with van der Waals surface area (Å²) in [5.74, 6) is 0.828. The highest BCUT2D eigenvalue weighted by molar-refractivity contribution is 7.44. The Kier molecular flexibility index (Phi) is 16.6. The maximum absolute atomic E-state index is 13.6. The summed E-state index contributed by atoms with van der Waals surface area (Å²) in [7, 11) is 1.32. The first-order valence-electron chi connectivity index (χ1n) is 19.8. The van der Waals surface area contributed by atoms with E-state index in [9.17, 15) is 19.6 Å². The lowest BCUT2D eigenvalue weighted by Crippen LogP contribution is -2.44. The molecule has 1 saturated heterocycles. The summed E-state index contributed by atoms with van der Waals surface area (Å²) >= 11 is 0. The van der Waals surface area contributed by atoms with Gasteiger partial charge in [0.2, 0.25) is 0 Å². The van der Waals surface area contributed by atoms with Crippen molar-refractivity contribution in [1.29, 1.82) is 5.26 Å². The highest BCUT2D eigenvalue weighted by Gasteiger charge is 2.51. The van der Waals surface area contributed by atoms with Gasteiger partial charge in [0, 0.05) is 30.8 Å². The molecule has 16 heteroatoms. The van der Waals surface area contributed by atoms with Crippen LogP contribution in [-0.2, 0) is 38.4 Å². The van der Waals surface area contributed by atoms with Crippen molar-refractivity contribution >= 4 is 14.5 Å². The first-order valence-corrected chi connectivity index (χ1v) is 20.9. The van der Waals surface area contributed by atoms with Gasteiger partial charge < -0.3 is 37.5 Å². The molecule has 0 amide bonds. The van der Waals surface area contributed by atoms with Crippen molar-refractivity contribution in [3.8, 4) is 17.6 Å². The van der Waals surface area contributed by atoms with E-state index < -0.39 is 55.9 Å². The molecular formula is C44H55N4O11P. The number of hydrogen-bond acceptors (Lipinski definition) is 13. The largest absolute Gasteiger partial charge is 0.497 e. The molecule has 15 nitrogen and oxygen atoms in total. The fourth-order valence-corrected chi connectivity index (χ4v) is 8.96. The van der Waals surface area contributed by atoms with E-state index in [4.69, 9.17) is 37.5 Å². The summed E-state index contributed by atoms with van der Waals surface area (Å²) < 4.78 is 53.6. The molecule has 4 aromatic rings. The van der Waals surface area contributed by atoms with E-state index in [0.717, 1.165) is 16.7 Å². The van der Waals surface area contributed by atoms with Crippen LogP contribution in [0.4, 0.5) is 0 Å². The number of hydrogen-bond donors (Lipinski definition) is 1. The van der Waals surface area contributed by atoms with Crippen molar-refractivity contribution in [2.24, 2.45) is 0 Å². The van der Waals surface area contributed by atoms with Crippen LogP contribution in [0.25, 0.3) is 0 Å². The van der Waals surface area contributed by atoms with Crippen LogP contribution in [0.1, 0.15) is 69.5 Å². The minimum atomic E-state index is -1.89. The number of carbonyl (C=O) groups excluding carboxylic acids is 1.